The second-order valence-corrected chi connectivity index (χ2v) is 6.97. The van der Waals surface area contributed by atoms with Crippen molar-refractivity contribution in [3.05, 3.63) is 45.3 Å². The van der Waals surface area contributed by atoms with E-state index in [9.17, 15) is 0 Å². The van der Waals surface area contributed by atoms with Gasteiger partial charge in [0.25, 0.3) is 0 Å². The number of aryl methyl sites for hydroxylation is 1. The van der Waals surface area contributed by atoms with Crippen LogP contribution in [0, 0.1) is 3.57 Å². The fourth-order valence-electron chi connectivity index (χ4n) is 1.92. The highest BCUT2D eigenvalue weighted by atomic mass is 127. The summed E-state index contributed by atoms with van der Waals surface area (Å²) in [6.07, 6.45) is 4.52. The summed E-state index contributed by atoms with van der Waals surface area (Å²) < 4.78 is 6.86. The molecule has 1 aromatic carbocycles. The Bertz CT molecular complexity index is 588. The van der Waals surface area contributed by atoms with E-state index in [0.29, 0.717) is 6.01 Å². The first kappa shape index (κ1) is 15.2. The highest BCUT2D eigenvalue weighted by Gasteiger charge is 2.20. The van der Waals surface area contributed by atoms with E-state index in [-0.39, 0.29) is 5.41 Å². The van der Waals surface area contributed by atoms with Crippen molar-refractivity contribution in [3.8, 4) is 11.8 Å². The van der Waals surface area contributed by atoms with E-state index in [1.807, 2.05) is 6.07 Å². The maximum absolute atomic E-state index is 5.86. The van der Waals surface area contributed by atoms with E-state index in [0.717, 1.165) is 15.7 Å². The molecule has 0 spiro atoms. The van der Waals surface area contributed by atoms with Gasteiger partial charge in [-0.1, -0.05) is 39.8 Å². The smallest absolute Gasteiger partial charge is 0.321 e. The van der Waals surface area contributed by atoms with E-state index in [1.165, 1.54) is 11.1 Å². The van der Waals surface area contributed by atoms with Crippen molar-refractivity contribution in [2.75, 3.05) is 0 Å². The third kappa shape index (κ3) is 3.69. The summed E-state index contributed by atoms with van der Waals surface area (Å²) in [5, 5.41) is 0. The van der Waals surface area contributed by atoms with Crippen LogP contribution in [-0.2, 0) is 11.8 Å². The fraction of sp³-hybridized carbons (Fsp3) is 0.375. The van der Waals surface area contributed by atoms with Crippen LogP contribution in [0.2, 0.25) is 0 Å². The molecule has 2 rings (SSSR count). The van der Waals surface area contributed by atoms with Gasteiger partial charge in [-0.2, -0.15) is 0 Å². The molecule has 0 atom stereocenters. The Hall–Kier alpha value is -1.17. The molecule has 0 fully saturated rings. The number of aromatic nitrogens is 2. The summed E-state index contributed by atoms with van der Waals surface area (Å²) >= 11 is 2.18. The molecule has 0 saturated carbocycles. The van der Waals surface area contributed by atoms with Crippen LogP contribution in [0.3, 0.4) is 0 Å². The lowest BCUT2D eigenvalue weighted by Crippen LogP contribution is -2.13. The molecule has 0 aliphatic carbocycles. The SMILES string of the molecule is CCc1ccc(Oc2ncc(I)cn2)c(C(C)(C)C)c1. The molecular weight excluding hydrogens is 363 g/mol. The number of rotatable bonds is 3. The summed E-state index contributed by atoms with van der Waals surface area (Å²) in [4.78, 5) is 8.40. The van der Waals surface area contributed by atoms with E-state index in [1.54, 1.807) is 12.4 Å². The Balaban J connectivity index is 2.38. The number of hydrogen-bond acceptors (Lipinski definition) is 3. The Labute approximate surface area is 133 Å². The zero-order valence-corrected chi connectivity index (χ0v) is 14.4. The molecule has 3 nitrogen and oxygen atoms in total. The summed E-state index contributed by atoms with van der Waals surface area (Å²) in [6.45, 7) is 8.71. The van der Waals surface area contributed by atoms with Crippen molar-refractivity contribution < 1.29 is 4.74 Å². The van der Waals surface area contributed by atoms with E-state index >= 15 is 0 Å². The molecule has 0 N–H and O–H groups in total. The summed E-state index contributed by atoms with van der Waals surface area (Å²) in [5.74, 6) is 0.830. The minimum Gasteiger partial charge on any atom is -0.424 e. The van der Waals surface area contributed by atoms with Crippen LogP contribution in [0.1, 0.15) is 38.8 Å². The first-order valence-electron chi connectivity index (χ1n) is 6.69. The summed E-state index contributed by atoms with van der Waals surface area (Å²) in [5.41, 5.74) is 2.51. The molecule has 106 valence electrons. The van der Waals surface area contributed by atoms with E-state index in [2.05, 4.69) is 72.4 Å². The maximum atomic E-state index is 5.86. The molecule has 0 aliphatic heterocycles. The molecule has 0 saturated heterocycles. The number of ether oxygens (including phenoxy) is 1. The summed E-state index contributed by atoms with van der Waals surface area (Å²) in [6, 6.07) is 6.71. The molecule has 0 aliphatic rings. The van der Waals surface area contributed by atoms with E-state index < -0.39 is 0 Å². The van der Waals surface area contributed by atoms with Gasteiger partial charge in [-0.25, -0.2) is 9.97 Å². The van der Waals surface area contributed by atoms with Gasteiger partial charge in [-0.15, -0.1) is 0 Å². The molecular formula is C16H19IN2O. The normalized spacial score (nSPS) is 11.4. The largest absolute Gasteiger partial charge is 0.424 e. The van der Waals surface area contributed by atoms with Gasteiger partial charge < -0.3 is 4.74 Å². The van der Waals surface area contributed by atoms with Gasteiger partial charge in [0.2, 0.25) is 0 Å². The Morgan fingerprint density at radius 2 is 1.80 bits per heavy atom. The molecule has 4 heteroatoms. The van der Waals surface area contributed by atoms with Crippen LogP contribution in [-0.4, -0.2) is 9.97 Å². The van der Waals surface area contributed by atoms with Crippen LogP contribution < -0.4 is 4.74 Å². The molecule has 0 amide bonds. The van der Waals surface area contributed by atoms with Gasteiger partial charge >= 0.3 is 6.01 Å². The van der Waals surface area contributed by atoms with Crippen LogP contribution in [0.4, 0.5) is 0 Å². The molecule has 1 aromatic heterocycles. The van der Waals surface area contributed by atoms with Gasteiger partial charge in [0, 0.05) is 21.5 Å². The monoisotopic (exact) mass is 382 g/mol. The van der Waals surface area contributed by atoms with Crippen molar-refractivity contribution in [2.24, 2.45) is 0 Å². The Kier molecular flexibility index (Phi) is 4.62. The van der Waals surface area contributed by atoms with E-state index in [4.69, 9.17) is 4.74 Å². The minimum atomic E-state index is 0.0176. The molecule has 2 aromatic rings. The van der Waals surface area contributed by atoms with Crippen LogP contribution in [0.15, 0.2) is 30.6 Å². The Morgan fingerprint density at radius 1 is 1.15 bits per heavy atom. The quantitative estimate of drug-likeness (QED) is 0.720. The van der Waals surface area contributed by atoms with Crippen molar-refractivity contribution in [1.82, 2.24) is 9.97 Å². The van der Waals surface area contributed by atoms with Gasteiger partial charge in [0.1, 0.15) is 5.75 Å². The van der Waals surface area contributed by atoms with Crippen LogP contribution in [0.25, 0.3) is 0 Å². The molecule has 20 heavy (non-hydrogen) atoms. The van der Waals surface area contributed by atoms with Crippen LogP contribution in [0.5, 0.6) is 11.8 Å². The highest BCUT2D eigenvalue weighted by molar-refractivity contribution is 14.1. The van der Waals surface area contributed by atoms with Crippen molar-refractivity contribution in [3.63, 3.8) is 0 Å². The van der Waals surface area contributed by atoms with Crippen molar-refractivity contribution in [1.29, 1.82) is 0 Å². The van der Waals surface area contributed by atoms with Gasteiger partial charge in [0.05, 0.1) is 0 Å². The second-order valence-electron chi connectivity index (χ2n) is 5.72. The molecule has 0 radical (unpaired) electrons. The zero-order chi connectivity index (χ0) is 14.8. The number of hydrogen-bond donors (Lipinski definition) is 0. The third-order valence-electron chi connectivity index (χ3n) is 3.06. The minimum absolute atomic E-state index is 0.0176. The zero-order valence-electron chi connectivity index (χ0n) is 12.3. The lowest BCUT2D eigenvalue weighted by atomic mass is 9.85. The van der Waals surface area contributed by atoms with Gasteiger partial charge in [-0.05, 0) is 46.1 Å². The highest BCUT2D eigenvalue weighted by Crippen LogP contribution is 2.34. The third-order valence-corrected chi connectivity index (χ3v) is 3.62. The first-order chi connectivity index (χ1) is 9.40. The van der Waals surface area contributed by atoms with Crippen molar-refractivity contribution in [2.45, 2.75) is 39.5 Å². The standard InChI is InChI=1S/C16H19IN2O/c1-5-11-6-7-14(13(8-11)16(2,3)4)20-15-18-9-12(17)10-19-15/h6-10H,5H2,1-4H3. The fourth-order valence-corrected chi connectivity index (χ4v) is 2.20. The first-order valence-corrected chi connectivity index (χ1v) is 7.77. The van der Waals surface area contributed by atoms with Gasteiger partial charge in [0.15, 0.2) is 0 Å². The molecule has 1 heterocycles. The van der Waals surface area contributed by atoms with Crippen LogP contribution >= 0.6 is 22.6 Å². The number of nitrogens with zero attached hydrogens (tertiary/aromatic N) is 2. The van der Waals surface area contributed by atoms with Gasteiger partial charge in [-0.3, -0.25) is 0 Å². The average molecular weight is 382 g/mol. The maximum Gasteiger partial charge on any atom is 0.321 e. The summed E-state index contributed by atoms with van der Waals surface area (Å²) in [7, 11) is 0. The number of benzene rings is 1. The second kappa shape index (κ2) is 6.08. The van der Waals surface area contributed by atoms with Crippen molar-refractivity contribution >= 4 is 22.6 Å². The molecule has 0 unspecified atom stereocenters. The lowest BCUT2D eigenvalue weighted by Gasteiger charge is -2.23. The Morgan fingerprint density at radius 3 is 2.35 bits per heavy atom. The topological polar surface area (TPSA) is 35.0 Å². The number of halogens is 1. The lowest BCUT2D eigenvalue weighted by molar-refractivity contribution is 0.422. The molecule has 0 bridgehead atoms. The predicted molar refractivity (Wildman–Crippen MR) is 89.3 cm³/mol. The average Bonchev–Trinajstić information content (AvgIpc) is 2.40. The predicted octanol–water partition coefficient (Wildman–Crippen LogP) is 4.73.